The lowest BCUT2D eigenvalue weighted by atomic mass is 9.82. The minimum Gasteiger partial charge on any atom is -0.369 e. The summed E-state index contributed by atoms with van der Waals surface area (Å²) >= 11 is 0. The first-order valence-corrected chi connectivity index (χ1v) is 9.14. The van der Waals surface area contributed by atoms with Crippen LogP contribution < -0.4 is 5.32 Å². The molecule has 2 aliphatic rings. The molecule has 0 radical (unpaired) electrons. The molecule has 134 valence electrons. The summed E-state index contributed by atoms with van der Waals surface area (Å²) < 4.78 is 4.00. The molecule has 2 aromatic heterocycles. The van der Waals surface area contributed by atoms with Gasteiger partial charge in [0, 0.05) is 53.3 Å². The zero-order valence-corrected chi connectivity index (χ0v) is 15.1. The highest BCUT2D eigenvalue weighted by molar-refractivity contribution is 6.19. The fourth-order valence-electron chi connectivity index (χ4n) is 5.04. The van der Waals surface area contributed by atoms with Gasteiger partial charge in [-0.05, 0) is 24.5 Å². The summed E-state index contributed by atoms with van der Waals surface area (Å²) in [4.78, 5) is 12.8. The Morgan fingerprint density at radius 1 is 1.19 bits per heavy atom. The summed E-state index contributed by atoms with van der Waals surface area (Å²) in [7, 11) is 3.97. The molecule has 2 N–H and O–H groups in total. The number of amides is 1. The van der Waals surface area contributed by atoms with E-state index in [4.69, 9.17) is 0 Å². The summed E-state index contributed by atoms with van der Waals surface area (Å²) in [5, 5.41) is 20.1. The lowest BCUT2D eigenvalue weighted by molar-refractivity contribution is 0.0852. The fourth-order valence-corrected chi connectivity index (χ4v) is 5.04. The van der Waals surface area contributed by atoms with E-state index in [1.165, 1.54) is 5.56 Å². The number of aliphatic hydroxyl groups is 1. The van der Waals surface area contributed by atoms with Gasteiger partial charge in [-0.25, -0.2) is 0 Å². The van der Waals surface area contributed by atoms with E-state index in [0.29, 0.717) is 11.1 Å². The highest BCUT2D eigenvalue weighted by atomic mass is 16.3. The Balaban J connectivity index is 1.91. The van der Waals surface area contributed by atoms with Gasteiger partial charge >= 0.3 is 0 Å². The van der Waals surface area contributed by atoms with Crippen molar-refractivity contribution < 1.29 is 9.90 Å². The van der Waals surface area contributed by atoms with Crippen LogP contribution in [0.3, 0.4) is 0 Å². The first-order chi connectivity index (χ1) is 13.1. The predicted octanol–water partition coefficient (Wildman–Crippen LogP) is 2.56. The third-order valence-electron chi connectivity index (χ3n) is 6.04. The Morgan fingerprint density at radius 2 is 2.00 bits per heavy atom. The number of carbonyl (C=O) groups is 1. The standard InChI is InChI=1S/C21H18N4O2/c1-24-9-12-13(23-24)8-7-11-15(12)17-18(21(27)22-20(17)26)16-10-5-3-4-6-14(10)25(2)19(11)16/h3-6,9,21,27H,7-8H2,1-2H3,(H,22,26). The molecule has 4 aromatic rings. The number of rotatable bonds is 0. The Hall–Kier alpha value is -3.12. The monoisotopic (exact) mass is 358 g/mol. The average molecular weight is 358 g/mol. The lowest BCUT2D eigenvalue weighted by Crippen LogP contribution is -2.18. The summed E-state index contributed by atoms with van der Waals surface area (Å²) in [6.07, 6.45) is 2.67. The molecule has 0 saturated carbocycles. The van der Waals surface area contributed by atoms with E-state index in [1.807, 2.05) is 25.4 Å². The fraction of sp³-hybridized carbons (Fsp3) is 0.238. The van der Waals surface area contributed by atoms with Gasteiger partial charge in [-0.3, -0.25) is 9.48 Å². The van der Waals surface area contributed by atoms with E-state index in [2.05, 4.69) is 34.2 Å². The molecule has 27 heavy (non-hydrogen) atoms. The molecule has 1 amide bonds. The molecule has 0 bridgehead atoms. The Bertz CT molecular complexity index is 1310. The number of para-hydroxylation sites is 1. The number of fused-ring (bicyclic) bond motifs is 10. The summed E-state index contributed by atoms with van der Waals surface area (Å²) in [5.41, 5.74) is 7.64. The summed E-state index contributed by atoms with van der Waals surface area (Å²) in [6, 6.07) is 8.18. The SMILES string of the molecule is Cn1cc2c(n1)CCc1c-2c2c(c3c4ccccc4n(C)c13)C(O)NC2=O. The molecule has 6 heteroatoms. The molecule has 2 aromatic carbocycles. The average Bonchev–Trinajstić information content (AvgIpc) is 3.27. The quantitative estimate of drug-likeness (QED) is 0.507. The Morgan fingerprint density at radius 3 is 2.85 bits per heavy atom. The van der Waals surface area contributed by atoms with Crippen molar-refractivity contribution in [3.63, 3.8) is 0 Å². The van der Waals surface area contributed by atoms with Gasteiger partial charge in [0.15, 0.2) is 6.23 Å². The van der Waals surface area contributed by atoms with Crippen LogP contribution in [-0.4, -0.2) is 25.4 Å². The minimum absolute atomic E-state index is 0.208. The number of hydrogen-bond donors (Lipinski definition) is 2. The highest BCUT2D eigenvalue weighted by Gasteiger charge is 2.38. The molecule has 3 heterocycles. The number of nitrogens with zero attached hydrogens (tertiary/aromatic N) is 3. The van der Waals surface area contributed by atoms with Crippen molar-refractivity contribution in [3.05, 3.63) is 52.8 Å². The van der Waals surface area contributed by atoms with Crippen LogP contribution in [0.15, 0.2) is 30.5 Å². The van der Waals surface area contributed by atoms with Crippen LogP contribution in [-0.2, 0) is 26.9 Å². The van der Waals surface area contributed by atoms with Gasteiger partial charge in [0.05, 0.1) is 16.8 Å². The summed E-state index contributed by atoms with van der Waals surface area (Å²) in [6.45, 7) is 0. The van der Waals surface area contributed by atoms with Gasteiger partial charge < -0.3 is 15.0 Å². The van der Waals surface area contributed by atoms with Crippen LogP contribution in [0.1, 0.15) is 33.4 Å². The van der Waals surface area contributed by atoms with Gasteiger partial charge in [0.1, 0.15) is 0 Å². The van der Waals surface area contributed by atoms with Crippen molar-refractivity contribution in [3.8, 4) is 11.1 Å². The van der Waals surface area contributed by atoms with E-state index in [0.717, 1.165) is 51.5 Å². The number of aliphatic hydroxyl groups excluding tert-OH is 1. The molecular weight excluding hydrogens is 340 g/mol. The molecule has 1 aliphatic heterocycles. The molecule has 6 rings (SSSR count). The second kappa shape index (κ2) is 4.78. The van der Waals surface area contributed by atoms with Crippen molar-refractivity contribution in [2.75, 3.05) is 0 Å². The minimum atomic E-state index is -0.992. The maximum atomic E-state index is 12.8. The predicted molar refractivity (Wildman–Crippen MR) is 102 cm³/mol. The van der Waals surface area contributed by atoms with Crippen molar-refractivity contribution in [2.45, 2.75) is 19.1 Å². The van der Waals surface area contributed by atoms with Crippen LogP contribution in [0, 0.1) is 0 Å². The van der Waals surface area contributed by atoms with E-state index in [-0.39, 0.29) is 5.91 Å². The third-order valence-corrected chi connectivity index (χ3v) is 6.04. The lowest BCUT2D eigenvalue weighted by Gasteiger charge is -2.21. The third kappa shape index (κ3) is 1.69. The van der Waals surface area contributed by atoms with Crippen molar-refractivity contribution >= 4 is 27.7 Å². The zero-order valence-electron chi connectivity index (χ0n) is 15.1. The van der Waals surface area contributed by atoms with E-state index in [9.17, 15) is 9.90 Å². The van der Waals surface area contributed by atoms with Crippen molar-refractivity contribution in [1.29, 1.82) is 0 Å². The first kappa shape index (κ1) is 15.0. The molecule has 1 atom stereocenters. The largest absolute Gasteiger partial charge is 0.369 e. The number of aryl methyl sites for hydroxylation is 4. The van der Waals surface area contributed by atoms with Crippen LogP contribution in [0.5, 0.6) is 0 Å². The van der Waals surface area contributed by atoms with E-state index < -0.39 is 6.23 Å². The molecular formula is C21H18N4O2. The number of aromatic nitrogens is 3. The molecule has 0 saturated heterocycles. The van der Waals surface area contributed by atoms with Crippen LogP contribution >= 0.6 is 0 Å². The maximum absolute atomic E-state index is 12.8. The highest BCUT2D eigenvalue weighted by Crippen LogP contribution is 2.48. The number of carbonyl (C=O) groups excluding carboxylic acids is 1. The van der Waals surface area contributed by atoms with Crippen LogP contribution in [0.4, 0.5) is 0 Å². The second-order valence-electron chi connectivity index (χ2n) is 7.48. The van der Waals surface area contributed by atoms with E-state index >= 15 is 0 Å². The normalized spacial score (nSPS) is 17.9. The first-order valence-electron chi connectivity index (χ1n) is 9.14. The molecule has 6 nitrogen and oxygen atoms in total. The Kier molecular flexibility index (Phi) is 2.65. The Labute approximate surface area is 155 Å². The van der Waals surface area contributed by atoms with Gasteiger partial charge in [-0.1, -0.05) is 18.2 Å². The van der Waals surface area contributed by atoms with E-state index in [1.54, 1.807) is 4.68 Å². The van der Waals surface area contributed by atoms with Gasteiger partial charge in [0.2, 0.25) is 0 Å². The molecule has 0 spiro atoms. The smallest absolute Gasteiger partial charge is 0.254 e. The maximum Gasteiger partial charge on any atom is 0.254 e. The van der Waals surface area contributed by atoms with Crippen molar-refractivity contribution in [1.82, 2.24) is 19.7 Å². The second-order valence-corrected chi connectivity index (χ2v) is 7.48. The number of hydrogen-bond acceptors (Lipinski definition) is 3. The molecule has 0 fully saturated rings. The van der Waals surface area contributed by atoms with Gasteiger partial charge in [-0.2, -0.15) is 5.10 Å². The number of nitrogens with one attached hydrogen (secondary N) is 1. The van der Waals surface area contributed by atoms with Crippen molar-refractivity contribution in [2.24, 2.45) is 14.1 Å². The molecule has 1 aliphatic carbocycles. The van der Waals surface area contributed by atoms with Crippen LogP contribution in [0.2, 0.25) is 0 Å². The summed E-state index contributed by atoms with van der Waals surface area (Å²) in [5.74, 6) is -0.208. The van der Waals surface area contributed by atoms with Crippen LogP contribution in [0.25, 0.3) is 32.9 Å². The van der Waals surface area contributed by atoms with Gasteiger partial charge in [0.25, 0.3) is 5.91 Å². The number of benzene rings is 2. The topological polar surface area (TPSA) is 72.1 Å². The molecule has 1 unspecified atom stereocenters. The van der Waals surface area contributed by atoms with Gasteiger partial charge in [-0.15, -0.1) is 0 Å². The zero-order chi connectivity index (χ0) is 18.4.